The predicted molar refractivity (Wildman–Crippen MR) is 136 cm³/mol. The number of nitrogens with zero attached hydrogens (tertiary/aromatic N) is 2. The topological polar surface area (TPSA) is 41.0 Å². The molecule has 178 valence electrons. The summed E-state index contributed by atoms with van der Waals surface area (Å²) in [5.74, 6) is -0.539. The lowest BCUT2D eigenvalue weighted by molar-refractivity contribution is 0.341. The van der Waals surface area contributed by atoms with Gasteiger partial charge >= 0.3 is 5.69 Å². The Morgan fingerprint density at radius 3 is 2.29 bits per heavy atom. The van der Waals surface area contributed by atoms with Gasteiger partial charge in [-0.05, 0) is 102 Å². The molecule has 2 heterocycles. The van der Waals surface area contributed by atoms with Crippen LogP contribution in [0.5, 0.6) is 0 Å². The van der Waals surface area contributed by atoms with Crippen LogP contribution in [0, 0.1) is 11.6 Å². The molecular formula is C29H27F2N3O. The van der Waals surface area contributed by atoms with Crippen molar-refractivity contribution in [3.8, 4) is 0 Å². The van der Waals surface area contributed by atoms with Crippen LogP contribution in [0.2, 0.25) is 0 Å². The van der Waals surface area contributed by atoms with E-state index in [0.29, 0.717) is 12.8 Å². The van der Waals surface area contributed by atoms with E-state index in [0.717, 1.165) is 70.5 Å². The van der Waals surface area contributed by atoms with Crippen LogP contribution in [0.4, 0.5) is 8.78 Å². The summed E-state index contributed by atoms with van der Waals surface area (Å²) in [4.78, 5) is 18.3. The molecule has 0 radical (unpaired) electrons. The normalized spacial score (nSPS) is 17.9. The van der Waals surface area contributed by atoms with Crippen molar-refractivity contribution in [1.82, 2.24) is 14.5 Å². The van der Waals surface area contributed by atoms with E-state index in [-0.39, 0.29) is 23.4 Å². The molecule has 0 spiro atoms. The average molecular weight is 472 g/mol. The molecule has 3 aromatic carbocycles. The molecule has 1 saturated heterocycles. The van der Waals surface area contributed by atoms with Gasteiger partial charge in [0.1, 0.15) is 11.6 Å². The maximum atomic E-state index is 14.0. The number of halogens is 2. The summed E-state index contributed by atoms with van der Waals surface area (Å²) in [6.07, 6.45) is 4.31. The van der Waals surface area contributed by atoms with Crippen molar-refractivity contribution < 1.29 is 8.78 Å². The zero-order chi connectivity index (χ0) is 24.1. The number of fused-ring (bicyclic) bond motifs is 3. The van der Waals surface area contributed by atoms with E-state index in [2.05, 4.69) is 22.9 Å². The van der Waals surface area contributed by atoms with Crippen LogP contribution in [0.1, 0.15) is 47.2 Å². The molecule has 1 aliphatic heterocycles. The third-order valence-corrected chi connectivity index (χ3v) is 7.49. The smallest absolute Gasteiger partial charge is 0.306 e. The van der Waals surface area contributed by atoms with E-state index in [1.54, 1.807) is 12.1 Å². The van der Waals surface area contributed by atoms with E-state index >= 15 is 0 Å². The maximum Gasteiger partial charge on any atom is 0.326 e. The van der Waals surface area contributed by atoms with Crippen molar-refractivity contribution in [1.29, 1.82) is 0 Å². The van der Waals surface area contributed by atoms with Crippen LogP contribution in [-0.2, 0) is 12.8 Å². The Morgan fingerprint density at radius 1 is 0.971 bits per heavy atom. The SMILES string of the molecule is CCN1CC[C@H](n2c(=O)[nH]c3cc(C=C4c5ccc(F)cc5CCc5cc(F)ccc54)ccc32)C1. The number of aromatic amines is 1. The summed E-state index contributed by atoms with van der Waals surface area (Å²) in [6, 6.07) is 15.9. The minimum absolute atomic E-state index is 0.0798. The maximum absolute atomic E-state index is 14.0. The van der Waals surface area contributed by atoms with E-state index < -0.39 is 0 Å². The Hall–Kier alpha value is -3.51. The van der Waals surface area contributed by atoms with Crippen molar-refractivity contribution in [2.75, 3.05) is 19.6 Å². The highest BCUT2D eigenvalue weighted by molar-refractivity contribution is 5.95. The third kappa shape index (κ3) is 3.92. The molecule has 6 heteroatoms. The fraction of sp³-hybridized carbons (Fsp3) is 0.276. The summed E-state index contributed by atoms with van der Waals surface area (Å²) in [5, 5.41) is 0. The Labute approximate surface area is 202 Å². The molecule has 35 heavy (non-hydrogen) atoms. The molecule has 1 atom stereocenters. The summed E-state index contributed by atoms with van der Waals surface area (Å²) in [5.41, 5.74) is 7.21. The van der Waals surface area contributed by atoms with Crippen LogP contribution in [0.3, 0.4) is 0 Å². The number of rotatable bonds is 3. The van der Waals surface area contributed by atoms with Gasteiger partial charge in [0.15, 0.2) is 0 Å². The Morgan fingerprint density at radius 2 is 1.66 bits per heavy atom. The molecule has 1 aromatic heterocycles. The lowest BCUT2D eigenvalue weighted by Gasteiger charge is -2.14. The van der Waals surface area contributed by atoms with Gasteiger partial charge in [-0.3, -0.25) is 4.57 Å². The molecule has 4 aromatic rings. The highest BCUT2D eigenvalue weighted by Gasteiger charge is 2.26. The van der Waals surface area contributed by atoms with Gasteiger partial charge in [0.2, 0.25) is 0 Å². The third-order valence-electron chi connectivity index (χ3n) is 7.49. The largest absolute Gasteiger partial charge is 0.326 e. The Balaban J connectivity index is 1.47. The number of benzene rings is 3. The molecule has 0 bridgehead atoms. The van der Waals surface area contributed by atoms with Crippen molar-refractivity contribution >= 4 is 22.7 Å². The number of hydrogen-bond donors (Lipinski definition) is 1. The van der Waals surface area contributed by atoms with Crippen molar-refractivity contribution in [3.05, 3.63) is 105 Å². The highest BCUT2D eigenvalue weighted by atomic mass is 19.1. The number of likely N-dealkylation sites (N-methyl/N-ethyl adjacent to an activating group) is 1. The number of hydrogen-bond acceptors (Lipinski definition) is 2. The lowest BCUT2D eigenvalue weighted by atomic mass is 9.92. The van der Waals surface area contributed by atoms with Crippen LogP contribution in [0.25, 0.3) is 22.7 Å². The number of H-pyrrole nitrogens is 1. The van der Waals surface area contributed by atoms with Gasteiger partial charge in [-0.25, -0.2) is 13.6 Å². The number of aromatic nitrogens is 2. The van der Waals surface area contributed by atoms with E-state index in [4.69, 9.17) is 0 Å². The van der Waals surface area contributed by atoms with Gasteiger partial charge in [-0.2, -0.15) is 0 Å². The zero-order valence-corrected chi connectivity index (χ0v) is 19.7. The minimum Gasteiger partial charge on any atom is -0.306 e. The number of aryl methyl sites for hydroxylation is 2. The van der Waals surface area contributed by atoms with Gasteiger partial charge in [0, 0.05) is 13.1 Å². The first-order valence-corrected chi connectivity index (χ1v) is 12.3. The fourth-order valence-electron chi connectivity index (χ4n) is 5.71. The van der Waals surface area contributed by atoms with Crippen molar-refractivity contribution in [2.45, 2.75) is 32.2 Å². The Bertz CT molecular complexity index is 1480. The second kappa shape index (κ2) is 8.61. The zero-order valence-electron chi connectivity index (χ0n) is 19.7. The highest BCUT2D eigenvalue weighted by Crippen LogP contribution is 2.36. The molecular weight excluding hydrogens is 444 g/mol. The van der Waals surface area contributed by atoms with Gasteiger partial charge in [-0.1, -0.05) is 25.1 Å². The van der Waals surface area contributed by atoms with Gasteiger partial charge in [0.05, 0.1) is 17.1 Å². The van der Waals surface area contributed by atoms with E-state index in [1.807, 2.05) is 34.9 Å². The second-order valence-electron chi connectivity index (χ2n) is 9.57. The minimum atomic E-state index is -0.269. The van der Waals surface area contributed by atoms with Crippen LogP contribution >= 0.6 is 0 Å². The van der Waals surface area contributed by atoms with Crippen molar-refractivity contribution in [2.24, 2.45) is 0 Å². The summed E-state index contributed by atoms with van der Waals surface area (Å²) in [7, 11) is 0. The van der Waals surface area contributed by atoms with Crippen LogP contribution in [0.15, 0.2) is 59.4 Å². The molecule has 4 nitrogen and oxygen atoms in total. The predicted octanol–water partition coefficient (Wildman–Crippen LogP) is 5.56. The molecule has 0 amide bonds. The molecule has 1 aliphatic carbocycles. The Kier molecular flexibility index (Phi) is 5.41. The van der Waals surface area contributed by atoms with Gasteiger partial charge < -0.3 is 9.88 Å². The van der Waals surface area contributed by atoms with Crippen molar-refractivity contribution in [3.63, 3.8) is 0 Å². The molecule has 1 N–H and O–H groups in total. The lowest BCUT2D eigenvalue weighted by Crippen LogP contribution is -2.26. The summed E-state index contributed by atoms with van der Waals surface area (Å²) < 4.78 is 30.0. The van der Waals surface area contributed by atoms with Gasteiger partial charge in [-0.15, -0.1) is 0 Å². The van der Waals surface area contributed by atoms with E-state index in [9.17, 15) is 13.6 Å². The van der Waals surface area contributed by atoms with Crippen LogP contribution < -0.4 is 5.69 Å². The first-order chi connectivity index (χ1) is 17.0. The second-order valence-corrected chi connectivity index (χ2v) is 9.57. The van der Waals surface area contributed by atoms with E-state index in [1.165, 1.54) is 12.1 Å². The number of likely N-dealkylation sites (tertiary alicyclic amines) is 1. The first kappa shape index (κ1) is 22.0. The van der Waals surface area contributed by atoms with Crippen LogP contribution in [-0.4, -0.2) is 34.1 Å². The molecule has 2 aliphatic rings. The summed E-state index contributed by atoms with van der Waals surface area (Å²) in [6.45, 7) is 5.02. The number of imidazole rings is 1. The average Bonchev–Trinajstić information content (AvgIpc) is 3.40. The molecule has 0 unspecified atom stereocenters. The fourth-order valence-corrected chi connectivity index (χ4v) is 5.71. The first-order valence-electron chi connectivity index (χ1n) is 12.3. The number of nitrogens with one attached hydrogen (secondary N) is 1. The molecule has 6 rings (SSSR count). The standard InChI is InChI=1S/C29H27F2N3O/c1-2-33-12-11-23(17-33)34-28-10-3-18(14-27(28)32-29(34)35)13-26-24-8-6-21(30)15-19(24)4-5-20-16-22(31)7-9-25(20)26/h3,6-10,13-16,23H,2,4-5,11-12,17H2,1H3,(H,32,35)/t23-/m0/s1. The molecule has 1 fully saturated rings. The monoisotopic (exact) mass is 471 g/mol. The summed E-state index contributed by atoms with van der Waals surface area (Å²) >= 11 is 0. The van der Waals surface area contributed by atoms with Gasteiger partial charge in [0.25, 0.3) is 0 Å². The quantitative estimate of drug-likeness (QED) is 0.425. The molecule has 0 saturated carbocycles.